The largest absolute Gasteiger partial charge is 0.493 e. The molecule has 162 valence electrons. The summed E-state index contributed by atoms with van der Waals surface area (Å²) in [6.07, 6.45) is 2.61. The second-order valence-electron chi connectivity index (χ2n) is 8.82. The fourth-order valence-corrected chi connectivity index (χ4v) is 3.82. The first-order valence-corrected chi connectivity index (χ1v) is 11.1. The van der Waals surface area contributed by atoms with Crippen molar-refractivity contribution >= 4 is 5.96 Å². The Kier molecular flexibility index (Phi) is 8.19. The highest BCUT2D eigenvalue weighted by Gasteiger charge is 2.25. The number of ether oxygens (including phenoxy) is 1. The van der Waals surface area contributed by atoms with E-state index < -0.39 is 0 Å². The number of benzene rings is 1. The van der Waals surface area contributed by atoms with Gasteiger partial charge in [-0.05, 0) is 37.8 Å². The number of aliphatic imine (C=N–C) groups is 1. The molecule has 29 heavy (non-hydrogen) atoms. The van der Waals surface area contributed by atoms with Crippen molar-refractivity contribution in [3.05, 3.63) is 29.8 Å². The van der Waals surface area contributed by atoms with Gasteiger partial charge in [0.25, 0.3) is 0 Å². The molecule has 6 heteroatoms. The van der Waals surface area contributed by atoms with Crippen molar-refractivity contribution in [2.45, 2.75) is 39.3 Å². The van der Waals surface area contributed by atoms with Crippen LogP contribution in [-0.2, 0) is 6.54 Å². The summed E-state index contributed by atoms with van der Waals surface area (Å²) in [7, 11) is 4.04. The molecule has 3 rings (SSSR count). The van der Waals surface area contributed by atoms with Gasteiger partial charge in [-0.15, -0.1) is 0 Å². The van der Waals surface area contributed by atoms with E-state index >= 15 is 0 Å². The van der Waals surface area contributed by atoms with Crippen molar-refractivity contribution < 1.29 is 4.74 Å². The van der Waals surface area contributed by atoms with Crippen LogP contribution in [0.3, 0.4) is 0 Å². The average Bonchev–Trinajstić information content (AvgIpc) is 3.55. The third kappa shape index (κ3) is 6.89. The first-order chi connectivity index (χ1) is 14.1. The standard InChI is InChI=1S/C23H39N5O/c1-18(2)21(28-13-11-27(4)12-14-28)16-26-23(24-3)25-15-20-7-5-6-8-22(20)29-17-19-9-10-19/h5-8,18-19,21H,9-17H2,1-4H3,(H2,24,25,26). The van der Waals surface area contributed by atoms with Crippen LogP contribution in [0.5, 0.6) is 5.75 Å². The van der Waals surface area contributed by atoms with Crippen LogP contribution in [0.2, 0.25) is 0 Å². The molecule has 0 radical (unpaired) electrons. The highest BCUT2D eigenvalue weighted by Crippen LogP contribution is 2.30. The van der Waals surface area contributed by atoms with Crippen LogP contribution in [0.1, 0.15) is 32.3 Å². The molecular weight excluding hydrogens is 362 g/mol. The van der Waals surface area contributed by atoms with E-state index in [0.717, 1.165) is 57.0 Å². The van der Waals surface area contributed by atoms with E-state index in [2.05, 4.69) is 64.5 Å². The lowest BCUT2D eigenvalue weighted by Gasteiger charge is -2.40. The Morgan fingerprint density at radius 3 is 2.52 bits per heavy atom. The summed E-state index contributed by atoms with van der Waals surface area (Å²) >= 11 is 0. The van der Waals surface area contributed by atoms with Gasteiger partial charge in [-0.3, -0.25) is 9.89 Å². The second kappa shape index (κ2) is 10.8. The van der Waals surface area contributed by atoms with E-state index in [1.807, 2.05) is 13.1 Å². The number of hydrogen-bond acceptors (Lipinski definition) is 4. The average molecular weight is 402 g/mol. The van der Waals surface area contributed by atoms with Gasteiger partial charge in [0, 0.05) is 57.9 Å². The maximum atomic E-state index is 6.03. The molecule has 1 aromatic carbocycles. The van der Waals surface area contributed by atoms with E-state index in [-0.39, 0.29) is 0 Å². The Morgan fingerprint density at radius 1 is 1.14 bits per heavy atom. The second-order valence-corrected chi connectivity index (χ2v) is 8.82. The maximum absolute atomic E-state index is 6.03. The van der Waals surface area contributed by atoms with E-state index in [1.54, 1.807) is 0 Å². The number of rotatable bonds is 9. The summed E-state index contributed by atoms with van der Waals surface area (Å²) in [5.41, 5.74) is 1.18. The molecule has 1 atom stereocenters. The number of guanidine groups is 1. The molecule has 0 bridgehead atoms. The van der Waals surface area contributed by atoms with E-state index in [0.29, 0.717) is 18.5 Å². The summed E-state index contributed by atoms with van der Waals surface area (Å²) in [5, 5.41) is 7.02. The van der Waals surface area contributed by atoms with Gasteiger partial charge in [0.1, 0.15) is 5.75 Å². The van der Waals surface area contributed by atoms with Crippen LogP contribution in [0, 0.1) is 11.8 Å². The lowest BCUT2D eigenvalue weighted by atomic mass is 10.0. The summed E-state index contributed by atoms with van der Waals surface area (Å²) in [6, 6.07) is 8.82. The van der Waals surface area contributed by atoms with Gasteiger partial charge >= 0.3 is 0 Å². The van der Waals surface area contributed by atoms with Crippen LogP contribution in [-0.4, -0.2) is 75.2 Å². The van der Waals surface area contributed by atoms with Crippen LogP contribution in [0.4, 0.5) is 0 Å². The molecule has 1 aliphatic carbocycles. The molecule has 1 aliphatic heterocycles. The predicted molar refractivity (Wildman–Crippen MR) is 121 cm³/mol. The Hall–Kier alpha value is -1.79. The molecule has 2 aliphatic rings. The Bertz CT molecular complexity index is 650. The summed E-state index contributed by atoms with van der Waals surface area (Å²) in [4.78, 5) is 9.46. The van der Waals surface area contributed by atoms with Crippen molar-refractivity contribution in [1.82, 2.24) is 20.4 Å². The summed E-state index contributed by atoms with van der Waals surface area (Å²) in [6.45, 7) is 11.6. The SMILES string of the molecule is CN=C(NCc1ccccc1OCC1CC1)NCC(C(C)C)N1CCN(C)CC1. The Morgan fingerprint density at radius 2 is 1.86 bits per heavy atom. The van der Waals surface area contributed by atoms with Gasteiger partial charge in [0.2, 0.25) is 0 Å². The summed E-state index contributed by atoms with van der Waals surface area (Å²) in [5.74, 6) is 3.19. The van der Waals surface area contributed by atoms with Crippen molar-refractivity contribution in [3.63, 3.8) is 0 Å². The third-order valence-corrected chi connectivity index (χ3v) is 6.07. The minimum absolute atomic E-state index is 0.511. The first-order valence-electron chi connectivity index (χ1n) is 11.1. The number of hydrogen-bond donors (Lipinski definition) is 2. The smallest absolute Gasteiger partial charge is 0.191 e. The lowest BCUT2D eigenvalue weighted by Crippen LogP contribution is -2.55. The predicted octanol–water partition coefficient (Wildman–Crippen LogP) is 2.41. The van der Waals surface area contributed by atoms with E-state index in [1.165, 1.54) is 18.4 Å². The molecular formula is C23H39N5O. The molecule has 1 saturated carbocycles. The molecule has 1 unspecified atom stereocenters. The van der Waals surface area contributed by atoms with E-state index in [9.17, 15) is 0 Å². The molecule has 0 aromatic heterocycles. The molecule has 1 saturated heterocycles. The topological polar surface area (TPSA) is 52.1 Å². The minimum Gasteiger partial charge on any atom is -0.493 e. The Balaban J connectivity index is 1.49. The molecule has 1 aromatic rings. The highest BCUT2D eigenvalue weighted by atomic mass is 16.5. The number of para-hydroxylation sites is 1. The zero-order chi connectivity index (χ0) is 20.6. The van der Waals surface area contributed by atoms with Crippen molar-refractivity contribution in [1.29, 1.82) is 0 Å². The number of likely N-dealkylation sites (N-methyl/N-ethyl adjacent to an activating group) is 1. The van der Waals surface area contributed by atoms with Gasteiger partial charge in [-0.1, -0.05) is 32.0 Å². The molecule has 0 spiro atoms. The minimum atomic E-state index is 0.511. The van der Waals surface area contributed by atoms with E-state index in [4.69, 9.17) is 4.74 Å². The normalized spacial score (nSPS) is 20.0. The van der Waals surface area contributed by atoms with Crippen molar-refractivity contribution in [3.8, 4) is 5.75 Å². The zero-order valence-corrected chi connectivity index (χ0v) is 18.7. The first kappa shape index (κ1) is 21.9. The summed E-state index contributed by atoms with van der Waals surface area (Å²) < 4.78 is 6.03. The number of piperazine rings is 1. The number of nitrogens with zero attached hydrogens (tertiary/aromatic N) is 3. The quantitative estimate of drug-likeness (QED) is 0.492. The van der Waals surface area contributed by atoms with Crippen LogP contribution in [0.25, 0.3) is 0 Å². The van der Waals surface area contributed by atoms with Gasteiger partial charge in [-0.25, -0.2) is 0 Å². The fourth-order valence-electron chi connectivity index (χ4n) is 3.82. The molecule has 1 heterocycles. The Labute approximate surface area is 176 Å². The fraction of sp³-hybridized carbons (Fsp3) is 0.696. The van der Waals surface area contributed by atoms with Crippen LogP contribution < -0.4 is 15.4 Å². The van der Waals surface area contributed by atoms with Gasteiger partial charge in [0.15, 0.2) is 5.96 Å². The van der Waals surface area contributed by atoms with Gasteiger partial charge in [-0.2, -0.15) is 0 Å². The third-order valence-electron chi connectivity index (χ3n) is 6.07. The molecule has 2 N–H and O–H groups in total. The maximum Gasteiger partial charge on any atom is 0.191 e. The van der Waals surface area contributed by atoms with Crippen molar-refractivity contribution in [2.75, 3.05) is 53.4 Å². The molecule has 6 nitrogen and oxygen atoms in total. The molecule has 0 amide bonds. The highest BCUT2D eigenvalue weighted by molar-refractivity contribution is 5.79. The van der Waals surface area contributed by atoms with Gasteiger partial charge < -0.3 is 20.3 Å². The van der Waals surface area contributed by atoms with Gasteiger partial charge in [0.05, 0.1) is 6.61 Å². The monoisotopic (exact) mass is 401 g/mol. The molecule has 2 fully saturated rings. The zero-order valence-electron chi connectivity index (χ0n) is 18.7. The van der Waals surface area contributed by atoms with Crippen LogP contribution >= 0.6 is 0 Å². The van der Waals surface area contributed by atoms with Crippen LogP contribution in [0.15, 0.2) is 29.3 Å². The lowest BCUT2D eigenvalue weighted by molar-refractivity contribution is 0.0900. The van der Waals surface area contributed by atoms with Crippen molar-refractivity contribution in [2.24, 2.45) is 16.8 Å². The number of nitrogens with one attached hydrogen (secondary N) is 2.